The summed E-state index contributed by atoms with van der Waals surface area (Å²) in [6.45, 7) is -0.0728. The largest absolute Gasteiger partial charge is 0.416 e. The zero-order valence-electron chi connectivity index (χ0n) is 11.5. The van der Waals surface area contributed by atoms with E-state index in [4.69, 9.17) is 0 Å². The molecule has 3 nitrogen and oxygen atoms in total. The highest BCUT2D eigenvalue weighted by molar-refractivity contribution is 5.78. The summed E-state index contributed by atoms with van der Waals surface area (Å²) >= 11 is 0. The van der Waals surface area contributed by atoms with E-state index in [-0.39, 0.29) is 23.9 Å². The Balaban J connectivity index is 1.94. The Kier molecular flexibility index (Phi) is 4.88. The van der Waals surface area contributed by atoms with Gasteiger partial charge in [-0.2, -0.15) is 13.2 Å². The number of aliphatic hydroxyl groups excluding tert-OH is 1. The van der Waals surface area contributed by atoms with E-state index >= 15 is 0 Å². The second kappa shape index (κ2) is 6.47. The number of aliphatic hydroxyl groups is 1. The highest BCUT2D eigenvalue weighted by atomic mass is 19.4. The van der Waals surface area contributed by atoms with Gasteiger partial charge in [0.25, 0.3) is 0 Å². The Morgan fingerprint density at radius 3 is 2.62 bits per heavy atom. The van der Waals surface area contributed by atoms with Crippen LogP contribution in [0.1, 0.15) is 42.9 Å². The number of nitrogens with one attached hydrogen (secondary N) is 1. The molecule has 116 valence electrons. The highest BCUT2D eigenvalue weighted by Crippen LogP contribution is 2.30. The summed E-state index contributed by atoms with van der Waals surface area (Å²) in [5.41, 5.74) is -0.655. The molecule has 1 aromatic carbocycles. The Morgan fingerprint density at radius 2 is 2.00 bits per heavy atom. The van der Waals surface area contributed by atoms with E-state index in [1.807, 2.05) is 0 Å². The van der Waals surface area contributed by atoms with E-state index in [1.165, 1.54) is 12.1 Å². The second-order valence-corrected chi connectivity index (χ2v) is 5.37. The van der Waals surface area contributed by atoms with Crippen LogP contribution in [0.3, 0.4) is 0 Å². The molecule has 6 heteroatoms. The first-order valence-electron chi connectivity index (χ1n) is 7.01. The fraction of sp³-hybridized carbons (Fsp3) is 0.533. The van der Waals surface area contributed by atoms with Crippen LogP contribution in [0.15, 0.2) is 24.3 Å². The van der Waals surface area contributed by atoms with Gasteiger partial charge in [-0.05, 0) is 30.5 Å². The third-order valence-electron chi connectivity index (χ3n) is 3.79. The standard InChI is InChI=1S/C15H18F3NO2/c16-15(17,18)12-7-3-6-11(8-12)13(20)9-19-14(21)10-4-1-2-5-10/h3,6-8,10,13,20H,1-2,4-5,9H2,(H,19,21)/t13-/m0/s1. The third kappa shape index (κ3) is 4.20. The van der Waals surface area contributed by atoms with Crippen LogP contribution in [0.2, 0.25) is 0 Å². The molecule has 0 aliphatic heterocycles. The Labute approximate surface area is 121 Å². The minimum atomic E-state index is -4.44. The molecule has 1 aliphatic rings. The molecular formula is C15H18F3NO2. The molecule has 21 heavy (non-hydrogen) atoms. The molecule has 1 aliphatic carbocycles. The molecule has 0 spiro atoms. The minimum absolute atomic E-state index is 0.0290. The van der Waals surface area contributed by atoms with Crippen molar-refractivity contribution in [1.29, 1.82) is 0 Å². The van der Waals surface area contributed by atoms with Crippen molar-refractivity contribution in [3.63, 3.8) is 0 Å². The SMILES string of the molecule is O=C(NC[C@H](O)c1cccc(C(F)(F)F)c1)C1CCCC1. The molecule has 2 N–H and O–H groups in total. The summed E-state index contributed by atoms with van der Waals surface area (Å²) in [5, 5.41) is 12.5. The average Bonchev–Trinajstić information content (AvgIpc) is 2.98. The van der Waals surface area contributed by atoms with Crippen LogP contribution in [0, 0.1) is 5.92 Å². The number of carbonyl (C=O) groups excluding carboxylic acids is 1. The minimum Gasteiger partial charge on any atom is -0.387 e. The van der Waals surface area contributed by atoms with Gasteiger partial charge < -0.3 is 10.4 Å². The number of alkyl halides is 3. The highest BCUT2D eigenvalue weighted by Gasteiger charge is 2.31. The molecule has 0 unspecified atom stereocenters. The van der Waals surface area contributed by atoms with Gasteiger partial charge in [0.05, 0.1) is 11.7 Å². The number of amides is 1. The lowest BCUT2D eigenvalue weighted by atomic mass is 10.0. The molecule has 0 heterocycles. The van der Waals surface area contributed by atoms with Crippen LogP contribution in [-0.2, 0) is 11.0 Å². The van der Waals surface area contributed by atoms with Gasteiger partial charge in [0.2, 0.25) is 5.91 Å². The molecule has 0 radical (unpaired) electrons. The van der Waals surface area contributed by atoms with Gasteiger partial charge in [0.15, 0.2) is 0 Å². The van der Waals surface area contributed by atoms with E-state index in [0.29, 0.717) is 0 Å². The molecule has 0 bridgehead atoms. The van der Waals surface area contributed by atoms with Gasteiger partial charge in [-0.3, -0.25) is 4.79 Å². The van der Waals surface area contributed by atoms with Crippen molar-refractivity contribution in [2.45, 2.75) is 38.0 Å². The van der Waals surface area contributed by atoms with Gasteiger partial charge in [-0.25, -0.2) is 0 Å². The molecule has 1 amide bonds. The van der Waals surface area contributed by atoms with Gasteiger partial charge in [-0.1, -0.05) is 25.0 Å². The molecule has 0 saturated heterocycles. The van der Waals surface area contributed by atoms with E-state index in [9.17, 15) is 23.1 Å². The van der Waals surface area contributed by atoms with Crippen molar-refractivity contribution in [2.24, 2.45) is 5.92 Å². The summed E-state index contributed by atoms with van der Waals surface area (Å²) in [6.07, 6.45) is -1.86. The lowest BCUT2D eigenvalue weighted by Crippen LogP contribution is -2.32. The molecule has 1 aromatic rings. The van der Waals surface area contributed by atoms with Crippen LogP contribution in [0.5, 0.6) is 0 Å². The smallest absolute Gasteiger partial charge is 0.387 e. The lowest BCUT2D eigenvalue weighted by Gasteiger charge is -2.16. The van der Waals surface area contributed by atoms with Crippen LogP contribution in [0.4, 0.5) is 13.2 Å². The first-order valence-corrected chi connectivity index (χ1v) is 7.01. The zero-order valence-corrected chi connectivity index (χ0v) is 11.5. The normalized spacial score (nSPS) is 17.7. The molecule has 0 aromatic heterocycles. The molecule has 1 saturated carbocycles. The van der Waals surface area contributed by atoms with E-state index in [2.05, 4.69) is 5.32 Å². The average molecular weight is 301 g/mol. The summed E-state index contributed by atoms with van der Waals surface area (Å²) in [6, 6.07) is 4.53. The number of carbonyl (C=O) groups is 1. The number of hydrogen-bond donors (Lipinski definition) is 2. The van der Waals surface area contributed by atoms with Gasteiger partial charge in [-0.15, -0.1) is 0 Å². The Bertz CT molecular complexity index is 496. The predicted octanol–water partition coefficient (Wildman–Crippen LogP) is 3.05. The van der Waals surface area contributed by atoms with Crippen molar-refractivity contribution >= 4 is 5.91 Å². The number of hydrogen-bond acceptors (Lipinski definition) is 2. The Hall–Kier alpha value is -1.56. The molecular weight excluding hydrogens is 283 g/mol. The fourth-order valence-corrected chi connectivity index (χ4v) is 2.57. The quantitative estimate of drug-likeness (QED) is 0.898. The first-order chi connectivity index (χ1) is 9.88. The zero-order chi connectivity index (χ0) is 15.5. The van der Waals surface area contributed by atoms with Crippen molar-refractivity contribution in [1.82, 2.24) is 5.32 Å². The molecule has 2 rings (SSSR count). The Morgan fingerprint density at radius 1 is 1.33 bits per heavy atom. The van der Waals surface area contributed by atoms with Gasteiger partial charge in [0, 0.05) is 12.5 Å². The summed E-state index contributed by atoms with van der Waals surface area (Å²) in [7, 11) is 0. The van der Waals surface area contributed by atoms with Crippen molar-refractivity contribution < 1.29 is 23.1 Å². The van der Waals surface area contributed by atoms with Crippen LogP contribution in [0.25, 0.3) is 0 Å². The van der Waals surface area contributed by atoms with Gasteiger partial charge >= 0.3 is 6.18 Å². The van der Waals surface area contributed by atoms with Gasteiger partial charge in [0.1, 0.15) is 0 Å². The monoisotopic (exact) mass is 301 g/mol. The van der Waals surface area contributed by atoms with E-state index in [0.717, 1.165) is 37.8 Å². The van der Waals surface area contributed by atoms with Crippen LogP contribution in [-0.4, -0.2) is 17.6 Å². The van der Waals surface area contributed by atoms with Crippen molar-refractivity contribution in [3.05, 3.63) is 35.4 Å². The molecule has 1 fully saturated rings. The van der Waals surface area contributed by atoms with E-state index < -0.39 is 17.8 Å². The first kappa shape index (κ1) is 15.8. The topological polar surface area (TPSA) is 49.3 Å². The third-order valence-corrected chi connectivity index (χ3v) is 3.79. The molecule has 1 atom stereocenters. The maximum absolute atomic E-state index is 12.6. The lowest BCUT2D eigenvalue weighted by molar-refractivity contribution is -0.137. The van der Waals surface area contributed by atoms with Crippen LogP contribution >= 0.6 is 0 Å². The van der Waals surface area contributed by atoms with Crippen molar-refractivity contribution in [3.8, 4) is 0 Å². The maximum Gasteiger partial charge on any atom is 0.416 e. The summed E-state index contributed by atoms with van der Waals surface area (Å²) in [5.74, 6) is -0.155. The summed E-state index contributed by atoms with van der Waals surface area (Å²) < 4.78 is 37.8. The number of rotatable bonds is 4. The predicted molar refractivity (Wildman–Crippen MR) is 71.4 cm³/mol. The van der Waals surface area contributed by atoms with Crippen molar-refractivity contribution in [2.75, 3.05) is 6.54 Å². The summed E-state index contributed by atoms with van der Waals surface area (Å²) in [4.78, 5) is 11.8. The second-order valence-electron chi connectivity index (χ2n) is 5.37. The number of halogens is 3. The fourth-order valence-electron chi connectivity index (χ4n) is 2.57. The number of benzene rings is 1. The maximum atomic E-state index is 12.6. The van der Waals surface area contributed by atoms with Crippen LogP contribution < -0.4 is 5.32 Å². The van der Waals surface area contributed by atoms with E-state index in [1.54, 1.807) is 0 Å².